The van der Waals surface area contributed by atoms with Gasteiger partial charge in [-0.3, -0.25) is 9.59 Å². The molecule has 1 amide bonds. The van der Waals surface area contributed by atoms with E-state index in [4.69, 9.17) is 0 Å². The molecule has 2 rings (SSSR count). The smallest absolute Gasteiger partial charge is 0.254 e. The lowest BCUT2D eigenvalue weighted by atomic mass is 9.98. The summed E-state index contributed by atoms with van der Waals surface area (Å²) < 4.78 is 13.6. The number of rotatable bonds is 1. The van der Waals surface area contributed by atoms with E-state index >= 15 is 0 Å². The normalized spacial score (nSPS) is 20.1. The van der Waals surface area contributed by atoms with Crippen LogP contribution in [0.1, 0.15) is 23.7 Å². The Morgan fingerprint density at radius 3 is 2.83 bits per heavy atom. The number of hydrogen-bond acceptors (Lipinski definition) is 2. The van der Waals surface area contributed by atoms with Crippen molar-refractivity contribution >= 4 is 34.3 Å². The molecule has 3 nitrogen and oxygen atoms in total. The number of nitrogens with zero attached hydrogens (tertiary/aromatic N) is 1. The standard InChI is InChI=1S/C13H13FINO2/c1-8-7-16(5-4-12(8)17)13(18)10-3-2-9(14)6-11(10)15/h2-3,6,8H,4-5,7H2,1H3/t8-/m0/s1. The van der Waals surface area contributed by atoms with E-state index in [1.54, 1.807) is 4.90 Å². The maximum absolute atomic E-state index is 13.0. The first-order valence-electron chi connectivity index (χ1n) is 5.76. The van der Waals surface area contributed by atoms with Gasteiger partial charge in [0.25, 0.3) is 5.91 Å². The lowest BCUT2D eigenvalue weighted by Gasteiger charge is -2.30. The molecule has 0 aromatic heterocycles. The van der Waals surface area contributed by atoms with Gasteiger partial charge >= 0.3 is 0 Å². The first-order chi connectivity index (χ1) is 8.49. The van der Waals surface area contributed by atoms with Crippen LogP contribution >= 0.6 is 22.6 Å². The fourth-order valence-electron chi connectivity index (χ4n) is 2.03. The third kappa shape index (κ3) is 2.71. The predicted octanol–water partition coefficient (Wildman–Crippen LogP) is 2.48. The minimum absolute atomic E-state index is 0.110. The number of hydrogen-bond donors (Lipinski definition) is 0. The van der Waals surface area contributed by atoms with E-state index in [2.05, 4.69) is 0 Å². The Morgan fingerprint density at radius 1 is 1.50 bits per heavy atom. The molecule has 1 aromatic carbocycles. The van der Waals surface area contributed by atoms with Gasteiger partial charge in [0.1, 0.15) is 11.6 Å². The first-order valence-corrected chi connectivity index (χ1v) is 6.84. The number of carbonyl (C=O) groups is 2. The second-order valence-corrected chi connectivity index (χ2v) is 5.65. The monoisotopic (exact) mass is 361 g/mol. The van der Waals surface area contributed by atoms with Crippen LogP contribution in [0.5, 0.6) is 0 Å². The van der Waals surface area contributed by atoms with Crippen molar-refractivity contribution in [1.29, 1.82) is 0 Å². The zero-order chi connectivity index (χ0) is 13.3. The lowest BCUT2D eigenvalue weighted by Crippen LogP contribution is -2.43. The molecule has 1 saturated heterocycles. The highest BCUT2D eigenvalue weighted by molar-refractivity contribution is 14.1. The number of ketones is 1. The third-order valence-electron chi connectivity index (χ3n) is 3.12. The molecular formula is C13H13FINO2. The van der Waals surface area contributed by atoms with Crippen molar-refractivity contribution in [1.82, 2.24) is 4.90 Å². The fourth-order valence-corrected chi connectivity index (χ4v) is 2.74. The zero-order valence-corrected chi connectivity index (χ0v) is 12.1. The van der Waals surface area contributed by atoms with Crippen molar-refractivity contribution in [2.45, 2.75) is 13.3 Å². The lowest BCUT2D eigenvalue weighted by molar-refractivity contribution is -0.124. The first kappa shape index (κ1) is 13.5. The van der Waals surface area contributed by atoms with Gasteiger partial charge in [0.2, 0.25) is 0 Å². The van der Waals surface area contributed by atoms with Crippen molar-refractivity contribution in [2.24, 2.45) is 5.92 Å². The molecule has 96 valence electrons. The maximum atomic E-state index is 13.0. The second kappa shape index (κ2) is 5.34. The number of amides is 1. The summed E-state index contributed by atoms with van der Waals surface area (Å²) in [5.41, 5.74) is 0.499. The van der Waals surface area contributed by atoms with Crippen LogP contribution in [0.3, 0.4) is 0 Å². The summed E-state index contributed by atoms with van der Waals surface area (Å²) in [6, 6.07) is 4.13. The summed E-state index contributed by atoms with van der Waals surface area (Å²) in [4.78, 5) is 25.4. The molecule has 1 aliphatic rings. The minimum Gasteiger partial charge on any atom is -0.337 e. The Hall–Kier alpha value is -0.980. The Labute approximate surface area is 118 Å². The van der Waals surface area contributed by atoms with Gasteiger partial charge in [-0.1, -0.05) is 6.92 Å². The molecule has 1 fully saturated rings. The zero-order valence-electron chi connectivity index (χ0n) is 9.95. The molecule has 0 radical (unpaired) electrons. The summed E-state index contributed by atoms with van der Waals surface area (Å²) in [6.07, 6.45) is 0.407. The van der Waals surface area contributed by atoms with E-state index in [1.165, 1.54) is 18.2 Å². The van der Waals surface area contributed by atoms with Crippen molar-refractivity contribution in [3.8, 4) is 0 Å². The number of carbonyl (C=O) groups excluding carboxylic acids is 2. The summed E-state index contributed by atoms with van der Waals surface area (Å²) in [5.74, 6) is -0.384. The number of Topliss-reactive ketones (excluding diaryl/α,β-unsaturated/α-hetero) is 1. The molecule has 0 aliphatic carbocycles. The molecule has 1 atom stereocenters. The van der Waals surface area contributed by atoms with Crippen LogP contribution in [0.2, 0.25) is 0 Å². The summed E-state index contributed by atoms with van der Waals surface area (Å²) in [5, 5.41) is 0. The number of likely N-dealkylation sites (tertiary alicyclic amines) is 1. The van der Waals surface area contributed by atoms with Crippen molar-refractivity contribution in [3.63, 3.8) is 0 Å². The predicted molar refractivity (Wildman–Crippen MR) is 73.8 cm³/mol. The minimum atomic E-state index is -0.349. The van der Waals surface area contributed by atoms with Gasteiger partial charge in [-0.15, -0.1) is 0 Å². The summed E-state index contributed by atoms with van der Waals surface area (Å²) in [6.45, 7) is 2.73. The molecule has 0 N–H and O–H groups in total. The molecule has 1 aliphatic heterocycles. The van der Waals surface area contributed by atoms with Gasteiger partial charge in [-0.25, -0.2) is 4.39 Å². The molecule has 1 aromatic rings. The second-order valence-electron chi connectivity index (χ2n) is 4.49. The fraction of sp³-hybridized carbons (Fsp3) is 0.385. The summed E-state index contributed by atoms with van der Waals surface area (Å²) in [7, 11) is 0. The van der Waals surface area contributed by atoms with Crippen LogP contribution in [0, 0.1) is 15.3 Å². The number of piperidine rings is 1. The van der Waals surface area contributed by atoms with Crippen LogP contribution < -0.4 is 0 Å². The van der Waals surface area contributed by atoms with Gasteiger partial charge < -0.3 is 4.90 Å². The van der Waals surface area contributed by atoms with Gasteiger partial charge in [0.05, 0.1) is 5.56 Å². The SMILES string of the molecule is C[C@H]1CN(C(=O)c2ccc(F)cc2I)CCC1=O. The third-order valence-corrected chi connectivity index (χ3v) is 4.01. The van der Waals surface area contributed by atoms with Crippen LogP contribution in [0.15, 0.2) is 18.2 Å². The quantitative estimate of drug-likeness (QED) is 0.721. The van der Waals surface area contributed by atoms with Gasteiger partial charge in [-0.05, 0) is 40.8 Å². The van der Waals surface area contributed by atoms with E-state index < -0.39 is 0 Å². The summed E-state index contributed by atoms with van der Waals surface area (Å²) >= 11 is 1.95. The molecule has 5 heteroatoms. The maximum Gasteiger partial charge on any atom is 0.254 e. The Morgan fingerprint density at radius 2 is 2.22 bits per heavy atom. The largest absolute Gasteiger partial charge is 0.337 e. The molecule has 0 saturated carbocycles. The van der Waals surface area contributed by atoms with Crippen LogP contribution in [0.25, 0.3) is 0 Å². The van der Waals surface area contributed by atoms with E-state index in [9.17, 15) is 14.0 Å². The average Bonchev–Trinajstić information content (AvgIpc) is 2.32. The molecule has 1 heterocycles. The van der Waals surface area contributed by atoms with Crippen LogP contribution in [-0.2, 0) is 4.79 Å². The Balaban J connectivity index is 2.19. The van der Waals surface area contributed by atoms with Crippen molar-refractivity contribution in [3.05, 3.63) is 33.1 Å². The van der Waals surface area contributed by atoms with E-state index in [-0.39, 0.29) is 23.4 Å². The number of benzene rings is 1. The topological polar surface area (TPSA) is 37.4 Å². The van der Waals surface area contributed by atoms with E-state index in [0.29, 0.717) is 28.6 Å². The Kier molecular flexibility index (Phi) is 3.99. The van der Waals surface area contributed by atoms with Gasteiger partial charge in [-0.2, -0.15) is 0 Å². The molecule has 0 unspecified atom stereocenters. The molecule has 0 spiro atoms. The van der Waals surface area contributed by atoms with Crippen LogP contribution in [0.4, 0.5) is 4.39 Å². The Bertz CT molecular complexity index is 504. The van der Waals surface area contributed by atoms with Crippen molar-refractivity contribution in [2.75, 3.05) is 13.1 Å². The van der Waals surface area contributed by atoms with Crippen molar-refractivity contribution < 1.29 is 14.0 Å². The highest BCUT2D eigenvalue weighted by Crippen LogP contribution is 2.19. The molecular weight excluding hydrogens is 348 g/mol. The molecule has 18 heavy (non-hydrogen) atoms. The van der Waals surface area contributed by atoms with Crippen LogP contribution in [-0.4, -0.2) is 29.7 Å². The van der Waals surface area contributed by atoms with Gasteiger partial charge in [0, 0.05) is 29.0 Å². The highest BCUT2D eigenvalue weighted by Gasteiger charge is 2.28. The highest BCUT2D eigenvalue weighted by atomic mass is 127. The van der Waals surface area contributed by atoms with E-state index in [1.807, 2.05) is 29.5 Å². The van der Waals surface area contributed by atoms with Gasteiger partial charge in [0.15, 0.2) is 0 Å². The number of halogens is 2. The average molecular weight is 361 g/mol. The molecule has 0 bridgehead atoms. The van der Waals surface area contributed by atoms with E-state index in [0.717, 1.165) is 0 Å².